The molecule has 0 bridgehead atoms. The Balaban J connectivity index is 0.00000196. The van der Waals surface area contributed by atoms with Gasteiger partial charge in [-0.05, 0) is 24.0 Å². The summed E-state index contributed by atoms with van der Waals surface area (Å²) in [6.45, 7) is 4.64. The van der Waals surface area contributed by atoms with Crippen LogP contribution in [0.5, 0.6) is 0 Å². The largest absolute Gasteiger partial charge is 0.318 e. The molecule has 1 atom stereocenters. The van der Waals surface area contributed by atoms with Crippen molar-refractivity contribution in [2.45, 2.75) is 43.8 Å². The third-order valence-corrected chi connectivity index (χ3v) is 7.13. The van der Waals surface area contributed by atoms with E-state index in [1.807, 2.05) is 4.57 Å². The van der Waals surface area contributed by atoms with E-state index in [0.29, 0.717) is 24.7 Å². The first-order chi connectivity index (χ1) is 12.1. The number of nitrogens with zero attached hydrogens (tertiary/aromatic N) is 3. The fraction of sp³-hybridized carbons (Fsp3) is 0.500. The van der Waals surface area contributed by atoms with Gasteiger partial charge in [0.15, 0.2) is 5.03 Å². The molecule has 0 radical (unpaired) electrons. The monoisotopic (exact) mass is 396 g/mol. The molecule has 1 aromatic heterocycles. The molecule has 0 saturated carbocycles. The van der Waals surface area contributed by atoms with Crippen LogP contribution in [-0.4, -0.2) is 41.9 Å². The molecule has 0 aliphatic carbocycles. The van der Waals surface area contributed by atoms with Gasteiger partial charge in [0.05, 0.1) is 12.2 Å². The van der Waals surface area contributed by atoms with Crippen LogP contribution in [0.4, 0.5) is 0 Å². The number of imidazole rings is 1. The molecule has 0 amide bonds. The van der Waals surface area contributed by atoms with Crippen molar-refractivity contribution >= 4 is 22.4 Å². The molecule has 8 heteroatoms. The number of aromatic nitrogens is 2. The Hall–Kier alpha value is -1.41. The maximum atomic E-state index is 13.4. The summed E-state index contributed by atoms with van der Waals surface area (Å²) >= 11 is 0. The van der Waals surface area contributed by atoms with E-state index in [-0.39, 0.29) is 18.4 Å². The average Bonchev–Trinajstić information content (AvgIpc) is 3.25. The minimum Gasteiger partial charge on any atom is -0.318 e. The second-order valence-electron chi connectivity index (χ2n) is 6.70. The minimum absolute atomic E-state index is 0. The molecule has 6 nitrogen and oxygen atoms in total. The number of aryl methyl sites for hydroxylation is 2. The van der Waals surface area contributed by atoms with Gasteiger partial charge in [0, 0.05) is 32.6 Å². The Morgan fingerprint density at radius 1 is 1.23 bits per heavy atom. The van der Waals surface area contributed by atoms with Gasteiger partial charge in [-0.1, -0.05) is 31.2 Å². The first-order valence-electron chi connectivity index (χ1n) is 8.97. The summed E-state index contributed by atoms with van der Waals surface area (Å²) in [5.41, 5.74) is 2.30. The lowest BCUT2D eigenvalue weighted by molar-refractivity contribution is 0.270. The van der Waals surface area contributed by atoms with E-state index in [0.717, 1.165) is 37.2 Å². The standard InChI is InChI=1S/C18H24N4O2S.ClH/c1-2-14-5-7-15(8-6-14)16-12-19-9-11-22(16)25(23,24)18-13-20-17-4-3-10-21(17)18;/h5-8,13,16,19H,2-4,9-12H2,1H3;1H. The van der Waals surface area contributed by atoms with Crippen LogP contribution in [0, 0.1) is 0 Å². The van der Waals surface area contributed by atoms with Crippen LogP contribution in [0.25, 0.3) is 0 Å². The van der Waals surface area contributed by atoms with Gasteiger partial charge in [0.25, 0.3) is 10.0 Å². The zero-order chi connectivity index (χ0) is 17.4. The van der Waals surface area contributed by atoms with Crippen LogP contribution in [0.1, 0.15) is 36.3 Å². The van der Waals surface area contributed by atoms with Gasteiger partial charge >= 0.3 is 0 Å². The van der Waals surface area contributed by atoms with Crippen molar-refractivity contribution < 1.29 is 8.42 Å². The summed E-state index contributed by atoms with van der Waals surface area (Å²) < 4.78 is 30.2. The van der Waals surface area contributed by atoms with Crippen molar-refractivity contribution in [2.75, 3.05) is 19.6 Å². The highest BCUT2D eigenvalue weighted by Crippen LogP contribution is 2.31. The van der Waals surface area contributed by atoms with Crippen LogP contribution in [0.3, 0.4) is 0 Å². The van der Waals surface area contributed by atoms with Gasteiger partial charge < -0.3 is 9.88 Å². The van der Waals surface area contributed by atoms with E-state index in [1.54, 1.807) is 4.31 Å². The third kappa shape index (κ3) is 3.29. The molecule has 1 aromatic carbocycles. The number of piperazine rings is 1. The fourth-order valence-corrected chi connectivity index (χ4v) is 5.55. The van der Waals surface area contributed by atoms with Crippen molar-refractivity contribution in [3.05, 3.63) is 47.4 Å². The Morgan fingerprint density at radius 3 is 2.73 bits per heavy atom. The van der Waals surface area contributed by atoms with E-state index in [4.69, 9.17) is 0 Å². The predicted octanol–water partition coefficient (Wildman–Crippen LogP) is 2.15. The van der Waals surface area contributed by atoms with Crippen LogP contribution in [-0.2, 0) is 29.4 Å². The van der Waals surface area contributed by atoms with Crippen molar-refractivity contribution in [1.29, 1.82) is 0 Å². The highest BCUT2D eigenvalue weighted by molar-refractivity contribution is 7.89. The molecular formula is C18H25ClN4O2S. The van der Waals surface area contributed by atoms with Gasteiger partial charge in [-0.15, -0.1) is 12.4 Å². The average molecular weight is 397 g/mol. The number of hydrogen-bond acceptors (Lipinski definition) is 4. The number of fused-ring (bicyclic) bond motifs is 1. The molecule has 142 valence electrons. The van der Waals surface area contributed by atoms with Gasteiger partial charge in [0.2, 0.25) is 0 Å². The molecule has 1 N–H and O–H groups in total. The number of halogens is 1. The van der Waals surface area contributed by atoms with E-state index >= 15 is 0 Å². The van der Waals surface area contributed by atoms with Crippen molar-refractivity contribution in [3.8, 4) is 0 Å². The van der Waals surface area contributed by atoms with E-state index in [2.05, 4.69) is 41.5 Å². The smallest absolute Gasteiger partial charge is 0.260 e. The van der Waals surface area contributed by atoms with E-state index in [9.17, 15) is 8.42 Å². The molecule has 1 unspecified atom stereocenters. The topological polar surface area (TPSA) is 67.2 Å². The molecule has 1 fully saturated rings. The van der Waals surface area contributed by atoms with Crippen molar-refractivity contribution in [3.63, 3.8) is 0 Å². The molecule has 0 spiro atoms. The quantitative estimate of drug-likeness (QED) is 0.859. The van der Waals surface area contributed by atoms with Gasteiger partial charge in [-0.3, -0.25) is 0 Å². The molecule has 2 aliphatic heterocycles. The maximum Gasteiger partial charge on any atom is 0.260 e. The highest BCUT2D eigenvalue weighted by atomic mass is 35.5. The summed E-state index contributed by atoms with van der Waals surface area (Å²) in [6.07, 6.45) is 4.34. The normalized spacial score (nSPS) is 20.6. The number of sulfonamides is 1. The molecule has 2 aromatic rings. The number of nitrogens with one attached hydrogen (secondary N) is 1. The molecule has 1 saturated heterocycles. The van der Waals surface area contributed by atoms with Crippen LogP contribution < -0.4 is 5.32 Å². The number of benzene rings is 1. The summed E-state index contributed by atoms with van der Waals surface area (Å²) in [4.78, 5) is 4.32. The Labute approximate surface area is 161 Å². The summed E-state index contributed by atoms with van der Waals surface area (Å²) in [6, 6.07) is 8.10. The first kappa shape index (κ1) is 19.4. The van der Waals surface area contributed by atoms with Crippen LogP contribution in [0.2, 0.25) is 0 Å². The maximum absolute atomic E-state index is 13.4. The predicted molar refractivity (Wildman–Crippen MR) is 103 cm³/mol. The molecule has 2 aliphatic rings. The Morgan fingerprint density at radius 2 is 2.00 bits per heavy atom. The minimum atomic E-state index is -3.56. The first-order valence-corrected chi connectivity index (χ1v) is 10.4. The molecule has 3 heterocycles. The second kappa shape index (κ2) is 7.68. The summed E-state index contributed by atoms with van der Waals surface area (Å²) in [5, 5.41) is 3.68. The summed E-state index contributed by atoms with van der Waals surface area (Å²) in [7, 11) is -3.56. The fourth-order valence-electron chi connectivity index (χ4n) is 3.79. The molecular weight excluding hydrogens is 372 g/mol. The zero-order valence-corrected chi connectivity index (χ0v) is 16.5. The SMILES string of the molecule is CCc1ccc(C2CNCCN2S(=O)(=O)c2cnc3n2CCC3)cc1.Cl. The van der Waals surface area contributed by atoms with E-state index in [1.165, 1.54) is 11.8 Å². The molecule has 26 heavy (non-hydrogen) atoms. The zero-order valence-electron chi connectivity index (χ0n) is 14.9. The van der Waals surface area contributed by atoms with Crippen molar-refractivity contribution in [2.24, 2.45) is 0 Å². The lowest BCUT2D eigenvalue weighted by Gasteiger charge is -2.35. The lowest BCUT2D eigenvalue weighted by Crippen LogP contribution is -2.48. The lowest BCUT2D eigenvalue weighted by atomic mass is 10.0. The second-order valence-corrected chi connectivity index (χ2v) is 8.54. The Kier molecular flexibility index (Phi) is 5.72. The summed E-state index contributed by atoms with van der Waals surface area (Å²) in [5.74, 6) is 0.887. The van der Waals surface area contributed by atoms with Crippen LogP contribution in [0.15, 0.2) is 35.5 Å². The number of hydrogen-bond donors (Lipinski definition) is 1. The molecule has 4 rings (SSSR count). The number of rotatable bonds is 4. The van der Waals surface area contributed by atoms with Gasteiger partial charge in [0.1, 0.15) is 5.82 Å². The van der Waals surface area contributed by atoms with Gasteiger partial charge in [-0.2, -0.15) is 4.31 Å². The van der Waals surface area contributed by atoms with E-state index < -0.39 is 10.0 Å². The van der Waals surface area contributed by atoms with Crippen molar-refractivity contribution in [1.82, 2.24) is 19.2 Å². The van der Waals surface area contributed by atoms with Crippen LogP contribution >= 0.6 is 12.4 Å². The third-order valence-electron chi connectivity index (χ3n) is 5.22. The highest BCUT2D eigenvalue weighted by Gasteiger charge is 2.37. The van der Waals surface area contributed by atoms with Gasteiger partial charge in [-0.25, -0.2) is 13.4 Å². The Bertz CT molecular complexity index is 864.